The molecule has 1 heterocycles. The molecule has 5 heteroatoms. The van der Waals surface area contributed by atoms with Crippen LogP contribution in [0.1, 0.15) is 65.2 Å². The van der Waals surface area contributed by atoms with Crippen LogP contribution in [-0.2, 0) is 0 Å². The minimum atomic E-state index is -0.303. The molecule has 0 spiro atoms. The summed E-state index contributed by atoms with van der Waals surface area (Å²) in [6.07, 6.45) is 17.2. The van der Waals surface area contributed by atoms with E-state index in [4.69, 9.17) is 5.73 Å². The van der Waals surface area contributed by atoms with Crippen molar-refractivity contribution in [2.45, 2.75) is 82.3 Å². The summed E-state index contributed by atoms with van der Waals surface area (Å²) in [5.74, 6) is 0.272. The number of nitrogens with one attached hydrogen (secondary N) is 1. The van der Waals surface area contributed by atoms with Crippen LogP contribution in [0.25, 0.3) is 0 Å². The number of hydrogen-bond acceptors (Lipinski definition) is 2. The molecule has 0 aromatic carbocycles. The van der Waals surface area contributed by atoms with Crippen molar-refractivity contribution in [3.05, 3.63) is 59.5 Å². The van der Waals surface area contributed by atoms with E-state index in [2.05, 4.69) is 31.0 Å². The fraction of sp³-hybridized carbons (Fsp3) is 0.577. The van der Waals surface area contributed by atoms with Crippen molar-refractivity contribution in [3.63, 3.8) is 0 Å². The van der Waals surface area contributed by atoms with E-state index in [1.807, 2.05) is 4.90 Å². The zero-order valence-corrected chi connectivity index (χ0v) is 18.9. The summed E-state index contributed by atoms with van der Waals surface area (Å²) in [6, 6.07) is -0.312. The Bertz CT molecular complexity index is 861. The summed E-state index contributed by atoms with van der Waals surface area (Å²) in [5, 5.41) is 3.26. The van der Waals surface area contributed by atoms with Crippen molar-refractivity contribution in [3.8, 4) is 0 Å². The number of amides is 2. The Labute approximate surface area is 185 Å². The third-order valence-electron chi connectivity index (χ3n) is 7.44. The first-order valence-corrected chi connectivity index (χ1v) is 11.7. The Hall–Kier alpha value is -2.14. The number of nitrogens with zero attached hydrogens (tertiary/aromatic N) is 1. The number of carbonyl (C=O) groups is 1. The van der Waals surface area contributed by atoms with E-state index in [1.165, 1.54) is 37.0 Å². The molecular formula is C26H36FN3O. The Balaban J connectivity index is 1.54. The summed E-state index contributed by atoms with van der Waals surface area (Å²) < 4.78 is 13.7. The van der Waals surface area contributed by atoms with Crippen LogP contribution in [0.2, 0.25) is 0 Å². The molecule has 4 nitrogen and oxygen atoms in total. The van der Waals surface area contributed by atoms with Crippen molar-refractivity contribution < 1.29 is 9.18 Å². The van der Waals surface area contributed by atoms with Crippen LogP contribution in [-0.4, -0.2) is 34.6 Å². The van der Waals surface area contributed by atoms with E-state index < -0.39 is 0 Å². The van der Waals surface area contributed by atoms with Gasteiger partial charge in [0.25, 0.3) is 0 Å². The zero-order valence-electron chi connectivity index (χ0n) is 18.9. The third kappa shape index (κ3) is 4.30. The highest BCUT2D eigenvalue weighted by molar-refractivity contribution is 5.78. The molecule has 3 N–H and O–H groups in total. The largest absolute Gasteiger partial charge is 0.332 e. The molecule has 4 aliphatic carbocycles. The van der Waals surface area contributed by atoms with Crippen molar-refractivity contribution in [2.24, 2.45) is 11.7 Å². The van der Waals surface area contributed by atoms with Gasteiger partial charge in [0.1, 0.15) is 5.83 Å². The maximum absolute atomic E-state index is 13.7. The van der Waals surface area contributed by atoms with E-state index in [-0.39, 0.29) is 29.0 Å². The predicted molar refractivity (Wildman–Crippen MR) is 124 cm³/mol. The quantitative estimate of drug-likeness (QED) is 0.533. The molecule has 3 saturated carbocycles. The first-order valence-electron chi connectivity index (χ1n) is 11.7. The summed E-state index contributed by atoms with van der Waals surface area (Å²) in [6.45, 7) is 8.79. The summed E-state index contributed by atoms with van der Waals surface area (Å²) >= 11 is 0. The normalized spacial score (nSPS) is 34.3. The maximum Gasteiger partial charge on any atom is 0.318 e. The third-order valence-corrected chi connectivity index (χ3v) is 7.44. The van der Waals surface area contributed by atoms with Gasteiger partial charge in [-0.25, -0.2) is 9.18 Å². The molecule has 0 aromatic heterocycles. The Morgan fingerprint density at radius 2 is 2.13 bits per heavy atom. The lowest BCUT2D eigenvalue weighted by Crippen LogP contribution is -2.83. The number of nitrogens with two attached hydrogens (primary N) is 1. The molecule has 0 radical (unpaired) electrons. The lowest BCUT2D eigenvalue weighted by Gasteiger charge is -2.69. The molecule has 5 rings (SSSR count). The van der Waals surface area contributed by atoms with Gasteiger partial charge in [0.15, 0.2) is 0 Å². The molecule has 5 aliphatic rings. The van der Waals surface area contributed by atoms with E-state index in [0.29, 0.717) is 12.5 Å². The molecular weight excluding hydrogens is 389 g/mol. The molecule has 3 fully saturated rings. The Kier molecular flexibility index (Phi) is 5.99. The lowest BCUT2D eigenvalue weighted by molar-refractivity contribution is -0.0716. The minimum absolute atomic E-state index is 0.0548. The van der Waals surface area contributed by atoms with Crippen LogP contribution < -0.4 is 11.1 Å². The van der Waals surface area contributed by atoms with Gasteiger partial charge in [0.2, 0.25) is 0 Å². The van der Waals surface area contributed by atoms with Gasteiger partial charge in [-0.1, -0.05) is 56.2 Å². The van der Waals surface area contributed by atoms with Gasteiger partial charge < -0.3 is 16.0 Å². The lowest BCUT2D eigenvalue weighted by atomic mass is 9.44. The Morgan fingerprint density at radius 3 is 2.77 bits per heavy atom. The van der Waals surface area contributed by atoms with Crippen LogP contribution in [0.4, 0.5) is 9.18 Å². The fourth-order valence-electron chi connectivity index (χ4n) is 5.90. The van der Waals surface area contributed by atoms with Crippen LogP contribution >= 0.6 is 0 Å². The van der Waals surface area contributed by atoms with E-state index in [0.717, 1.165) is 43.3 Å². The Morgan fingerprint density at radius 1 is 1.39 bits per heavy atom. The number of urea groups is 1. The molecule has 168 valence electrons. The molecule has 0 aromatic rings. The van der Waals surface area contributed by atoms with Crippen molar-refractivity contribution >= 4 is 6.03 Å². The van der Waals surface area contributed by atoms with Gasteiger partial charge in [-0.15, -0.1) is 0 Å². The van der Waals surface area contributed by atoms with Gasteiger partial charge in [-0.3, -0.25) is 0 Å². The molecule has 2 atom stereocenters. The van der Waals surface area contributed by atoms with Crippen molar-refractivity contribution in [2.75, 3.05) is 6.54 Å². The highest BCUT2D eigenvalue weighted by Crippen LogP contribution is 2.58. The molecule has 1 unspecified atom stereocenters. The van der Waals surface area contributed by atoms with Crippen molar-refractivity contribution in [1.29, 1.82) is 0 Å². The highest BCUT2D eigenvalue weighted by atomic mass is 19.1. The molecule has 1 aliphatic heterocycles. The smallest absolute Gasteiger partial charge is 0.318 e. The van der Waals surface area contributed by atoms with Gasteiger partial charge in [-0.05, 0) is 68.6 Å². The topological polar surface area (TPSA) is 58.4 Å². The molecule has 31 heavy (non-hydrogen) atoms. The summed E-state index contributed by atoms with van der Waals surface area (Å²) in [4.78, 5) is 15.2. The molecule has 0 saturated heterocycles. The van der Waals surface area contributed by atoms with Crippen LogP contribution in [0.5, 0.6) is 0 Å². The second-order valence-electron chi connectivity index (χ2n) is 10.1. The zero-order chi connectivity index (χ0) is 22.2. The molecule has 2 amide bonds. The van der Waals surface area contributed by atoms with Crippen LogP contribution in [0.15, 0.2) is 59.5 Å². The SMILES string of the molecule is C=C(/C=C\C(F)=C/C)[C@@H]1C2=C(CCN1C(=O)NC13CC(N)(C1)C3)CC(CCCC)C=C2. The van der Waals surface area contributed by atoms with Gasteiger partial charge in [-0.2, -0.15) is 0 Å². The highest BCUT2D eigenvalue weighted by Gasteiger charge is 2.67. The maximum atomic E-state index is 13.7. The van der Waals surface area contributed by atoms with Crippen molar-refractivity contribution in [1.82, 2.24) is 10.2 Å². The first-order chi connectivity index (χ1) is 14.8. The van der Waals surface area contributed by atoms with Crippen LogP contribution in [0, 0.1) is 5.92 Å². The van der Waals surface area contributed by atoms with Gasteiger partial charge in [0.05, 0.1) is 6.04 Å². The minimum Gasteiger partial charge on any atom is -0.332 e. The standard InChI is InChI=1S/C26H36FN3O/c1-4-6-7-19-9-11-22-20(14-19)12-13-30(23(22)18(3)8-10-21(27)5-2)24(31)29-26-15-25(28,16-26)17-26/h5,8-11,19,23H,3-4,6-7,12-17,28H2,1-2H3,(H,29,31)/b10-8-,21-5+/t19?,23-,25?,26?/m1/s1. The van der Waals surface area contributed by atoms with Gasteiger partial charge in [0, 0.05) is 17.6 Å². The second-order valence-corrected chi connectivity index (χ2v) is 10.1. The number of carbonyl (C=O) groups excluding carboxylic acids is 1. The number of hydrogen-bond donors (Lipinski definition) is 2. The predicted octanol–water partition coefficient (Wildman–Crippen LogP) is 5.45. The number of rotatable bonds is 7. The first kappa shape index (κ1) is 22.1. The second kappa shape index (κ2) is 8.42. The summed E-state index contributed by atoms with van der Waals surface area (Å²) in [5.41, 5.74) is 9.33. The summed E-state index contributed by atoms with van der Waals surface area (Å²) in [7, 11) is 0. The average molecular weight is 426 g/mol. The van der Waals surface area contributed by atoms with Crippen LogP contribution in [0.3, 0.4) is 0 Å². The van der Waals surface area contributed by atoms with E-state index in [9.17, 15) is 9.18 Å². The average Bonchev–Trinajstić information content (AvgIpc) is 2.72. The molecule has 2 bridgehead atoms. The van der Waals surface area contributed by atoms with E-state index in [1.54, 1.807) is 13.0 Å². The van der Waals surface area contributed by atoms with E-state index >= 15 is 0 Å². The number of unbranched alkanes of at least 4 members (excludes halogenated alkanes) is 1. The number of halogens is 1. The fourth-order valence-corrected chi connectivity index (χ4v) is 5.90. The number of allylic oxidation sites excluding steroid dienone is 4. The van der Waals surface area contributed by atoms with Gasteiger partial charge >= 0.3 is 6.03 Å². The monoisotopic (exact) mass is 425 g/mol.